The summed E-state index contributed by atoms with van der Waals surface area (Å²) in [6.45, 7) is 4.75. The van der Waals surface area contributed by atoms with Gasteiger partial charge in [-0.2, -0.15) is 0 Å². The summed E-state index contributed by atoms with van der Waals surface area (Å²) in [5.41, 5.74) is 0. The first-order valence-corrected chi connectivity index (χ1v) is 10.1. The number of hydrogen-bond acceptors (Lipinski definition) is 1. The molecule has 0 saturated heterocycles. The Labute approximate surface area is 100 Å². The standard InChI is InChI=1S/C13H27AsO/c1-3-5-7-10-14(12-9-13-15)11-8-6-4-2/h9,12,15H,3-8,10-11,13H2,1-2H3/b12-9-. The van der Waals surface area contributed by atoms with E-state index < -0.39 is 14.7 Å². The van der Waals surface area contributed by atoms with Crippen LogP contribution in [0.3, 0.4) is 0 Å². The molecule has 0 spiro atoms. The van der Waals surface area contributed by atoms with Crippen molar-refractivity contribution in [3.8, 4) is 0 Å². The average molecular weight is 274 g/mol. The molecule has 0 unspecified atom stereocenters. The fraction of sp³-hybridized carbons (Fsp3) is 0.846. The number of aliphatic hydroxyl groups is 1. The molecule has 1 N–H and O–H groups in total. The third-order valence-corrected chi connectivity index (χ3v) is 7.58. The second kappa shape index (κ2) is 12.3. The van der Waals surface area contributed by atoms with Crippen LogP contribution in [0.2, 0.25) is 10.4 Å². The summed E-state index contributed by atoms with van der Waals surface area (Å²) in [6.07, 6.45) is 10.2. The first-order valence-electron chi connectivity index (χ1n) is 6.36. The number of aliphatic hydroxyl groups excluding tert-OH is 1. The summed E-state index contributed by atoms with van der Waals surface area (Å²) < 4.78 is 0. The minimum atomic E-state index is -0.723. The number of rotatable bonds is 10. The summed E-state index contributed by atoms with van der Waals surface area (Å²) in [5.74, 6) is 0. The van der Waals surface area contributed by atoms with Gasteiger partial charge in [-0.1, -0.05) is 0 Å². The summed E-state index contributed by atoms with van der Waals surface area (Å²) in [5, 5.41) is 11.7. The zero-order valence-corrected chi connectivity index (χ0v) is 12.3. The van der Waals surface area contributed by atoms with Gasteiger partial charge in [0, 0.05) is 0 Å². The monoisotopic (exact) mass is 274 g/mol. The first-order chi connectivity index (χ1) is 7.35. The Morgan fingerprint density at radius 1 is 0.933 bits per heavy atom. The van der Waals surface area contributed by atoms with E-state index in [0.717, 1.165) is 0 Å². The molecule has 0 aromatic carbocycles. The molecule has 0 atom stereocenters. The average Bonchev–Trinajstić information content (AvgIpc) is 2.25. The van der Waals surface area contributed by atoms with Crippen molar-refractivity contribution in [2.24, 2.45) is 0 Å². The van der Waals surface area contributed by atoms with Crippen LogP contribution in [-0.4, -0.2) is 26.4 Å². The predicted molar refractivity (Wildman–Crippen MR) is 70.6 cm³/mol. The molecule has 2 heteroatoms. The third-order valence-electron chi connectivity index (χ3n) is 2.52. The van der Waals surface area contributed by atoms with Crippen molar-refractivity contribution in [2.45, 2.75) is 62.8 Å². The van der Waals surface area contributed by atoms with Gasteiger partial charge in [0.1, 0.15) is 0 Å². The number of unbranched alkanes of at least 4 members (excludes halogenated alkanes) is 4. The van der Waals surface area contributed by atoms with Crippen LogP contribution in [0.4, 0.5) is 0 Å². The van der Waals surface area contributed by atoms with Crippen LogP contribution in [-0.2, 0) is 0 Å². The van der Waals surface area contributed by atoms with Crippen molar-refractivity contribution in [2.75, 3.05) is 6.61 Å². The Balaban J connectivity index is 3.68. The van der Waals surface area contributed by atoms with E-state index in [1.165, 1.54) is 48.9 Å². The third kappa shape index (κ3) is 10.5. The van der Waals surface area contributed by atoms with Gasteiger partial charge in [-0.25, -0.2) is 0 Å². The van der Waals surface area contributed by atoms with Crippen LogP contribution in [0, 0.1) is 0 Å². The molecule has 90 valence electrons. The fourth-order valence-corrected chi connectivity index (χ4v) is 6.15. The molecule has 0 aliphatic rings. The molecule has 1 nitrogen and oxygen atoms in total. The topological polar surface area (TPSA) is 20.2 Å². The molecule has 0 saturated carbocycles. The van der Waals surface area contributed by atoms with Crippen LogP contribution < -0.4 is 0 Å². The van der Waals surface area contributed by atoms with E-state index in [1.807, 2.05) is 6.08 Å². The Hall–Kier alpha value is 0.258. The van der Waals surface area contributed by atoms with Crippen molar-refractivity contribution in [3.05, 3.63) is 10.9 Å². The van der Waals surface area contributed by atoms with E-state index >= 15 is 0 Å². The summed E-state index contributed by atoms with van der Waals surface area (Å²) in [7, 11) is 0. The summed E-state index contributed by atoms with van der Waals surface area (Å²) >= 11 is -0.723. The molecule has 15 heavy (non-hydrogen) atoms. The van der Waals surface area contributed by atoms with Crippen molar-refractivity contribution < 1.29 is 5.11 Å². The molecule has 0 aromatic rings. The Morgan fingerprint density at radius 2 is 1.47 bits per heavy atom. The molecule has 0 fully saturated rings. The first kappa shape index (κ1) is 15.3. The van der Waals surface area contributed by atoms with Gasteiger partial charge in [-0.15, -0.1) is 0 Å². The van der Waals surface area contributed by atoms with Crippen LogP contribution in [0.5, 0.6) is 0 Å². The molecular formula is C13H27AsO. The Kier molecular flexibility index (Phi) is 12.5. The Morgan fingerprint density at radius 3 is 1.87 bits per heavy atom. The van der Waals surface area contributed by atoms with Gasteiger partial charge in [-0.05, 0) is 0 Å². The zero-order valence-electron chi connectivity index (χ0n) is 10.4. The van der Waals surface area contributed by atoms with E-state index in [2.05, 4.69) is 18.7 Å². The minimum absolute atomic E-state index is 0.229. The van der Waals surface area contributed by atoms with Crippen molar-refractivity contribution in [1.29, 1.82) is 0 Å². The quantitative estimate of drug-likeness (QED) is 0.472. The van der Waals surface area contributed by atoms with Gasteiger partial charge >= 0.3 is 100 Å². The van der Waals surface area contributed by atoms with Crippen molar-refractivity contribution >= 4 is 14.7 Å². The summed E-state index contributed by atoms with van der Waals surface area (Å²) in [6, 6.07) is 0. The van der Waals surface area contributed by atoms with E-state index in [9.17, 15) is 0 Å². The SMILES string of the molecule is CCCCC[As](/C=C\CO)CCCCC. The molecule has 0 amide bonds. The van der Waals surface area contributed by atoms with Crippen molar-refractivity contribution in [1.82, 2.24) is 0 Å². The van der Waals surface area contributed by atoms with Gasteiger partial charge in [-0.3, -0.25) is 0 Å². The van der Waals surface area contributed by atoms with Gasteiger partial charge in [0.25, 0.3) is 0 Å². The van der Waals surface area contributed by atoms with Crippen LogP contribution in [0.1, 0.15) is 52.4 Å². The van der Waals surface area contributed by atoms with Crippen LogP contribution in [0.15, 0.2) is 10.9 Å². The maximum atomic E-state index is 8.79. The van der Waals surface area contributed by atoms with Gasteiger partial charge < -0.3 is 0 Å². The molecule has 0 aliphatic carbocycles. The molecule has 0 rings (SSSR count). The normalized spacial score (nSPS) is 11.7. The van der Waals surface area contributed by atoms with Crippen molar-refractivity contribution in [3.63, 3.8) is 0 Å². The fourth-order valence-electron chi connectivity index (χ4n) is 1.59. The van der Waals surface area contributed by atoms with Crippen LogP contribution in [0.25, 0.3) is 0 Å². The summed E-state index contributed by atoms with van der Waals surface area (Å²) in [4.78, 5) is 2.36. The maximum absolute atomic E-state index is 8.79. The molecule has 0 aliphatic heterocycles. The second-order valence-electron chi connectivity index (χ2n) is 4.02. The zero-order chi connectivity index (χ0) is 11.4. The van der Waals surface area contributed by atoms with E-state index in [-0.39, 0.29) is 6.61 Å². The van der Waals surface area contributed by atoms with Gasteiger partial charge in [0.15, 0.2) is 0 Å². The van der Waals surface area contributed by atoms with Crippen LogP contribution >= 0.6 is 0 Å². The van der Waals surface area contributed by atoms with Gasteiger partial charge in [0.2, 0.25) is 0 Å². The van der Waals surface area contributed by atoms with Gasteiger partial charge in [0.05, 0.1) is 0 Å². The molecule has 0 bridgehead atoms. The van der Waals surface area contributed by atoms with E-state index in [0.29, 0.717) is 0 Å². The molecular weight excluding hydrogens is 247 g/mol. The molecule has 0 heterocycles. The van der Waals surface area contributed by atoms with E-state index in [1.54, 1.807) is 0 Å². The second-order valence-corrected chi connectivity index (χ2v) is 8.99. The molecule has 0 radical (unpaired) electrons. The predicted octanol–water partition coefficient (Wildman–Crippen LogP) is 3.95. The number of hydrogen-bond donors (Lipinski definition) is 1. The Bertz CT molecular complexity index is 135. The molecule has 0 aromatic heterocycles. The van der Waals surface area contributed by atoms with E-state index in [4.69, 9.17) is 5.11 Å².